The van der Waals surface area contributed by atoms with Crippen molar-refractivity contribution in [3.8, 4) is 17.6 Å². The van der Waals surface area contributed by atoms with Gasteiger partial charge in [0.1, 0.15) is 0 Å². The second-order valence-corrected chi connectivity index (χ2v) is 5.58. The Balaban J connectivity index is 3.12. The Morgan fingerprint density at radius 3 is 2.53 bits per heavy atom. The predicted octanol–water partition coefficient (Wildman–Crippen LogP) is 2.81. The highest BCUT2D eigenvalue weighted by molar-refractivity contribution is 7.54. The van der Waals surface area contributed by atoms with Gasteiger partial charge in [0.2, 0.25) is 0 Å². The summed E-state index contributed by atoms with van der Waals surface area (Å²) in [5, 5.41) is 8.79. The number of hydrogen-bond acceptors (Lipinski definition) is 5. The zero-order valence-corrected chi connectivity index (χ0v) is 10.9. The van der Waals surface area contributed by atoms with E-state index in [2.05, 4.69) is 0 Å². The molecule has 1 aromatic rings. The lowest BCUT2D eigenvalue weighted by Crippen LogP contribution is -1.99. The molecule has 1 unspecified atom stereocenters. The van der Waals surface area contributed by atoms with Crippen LogP contribution in [-0.2, 0) is 9.09 Å². The van der Waals surface area contributed by atoms with Gasteiger partial charge in [0.25, 0.3) is 0 Å². The van der Waals surface area contributed by atoms with Crippen LogP contribution in [0.1, 0.15) is 12.5 Å². The Morgan fingerprint density at radius 2 is 2.06 bits per heavy atom. The molecular formula is C11H14NO4P. The maximum Gasteiger partial charge on any atom is 0.378 e. The minimum absolute atomic E-state index is 0.240. The number of nitriles is 1. The van der Waals surface area contributed by atoms with Crippen LogP contribution >= 0.6 is 7.60 Å². The zero-order valence-electron chi connectivity index (χ0n) is 9.97. The number of rotatable bonds is 5. The van der Waals surface area contributed by atoms with Crippen LogP contribution in [0.4, 0.5) is 0 Å². The van der Waals surface area contributed by atoms with Gasteiger partial charge in [-0.05, 0) is 12.1 Å². The normalized spacial score (nSPS) is 13.5. The molecule has 17 heavy (non-hydrogen) atoms. The van der Waals surface area contributed by atoms with Crippen molar-refractivity contribution in [2.24, 2.45) is 0 Å². The number of nitrogens with zero attached hydrogens (tertiary/aromatic N) is 1. The van der Waals surface area contributed by atoms with Crippen LogP contribution in [-0.4, -0.2) is 20.4 Å². The summed E-state index contributed by atoms with van der Waals surface area (Å²) in [5.74, 6) is 0.660. The fraction of sp³-hybridized carbons (Fsp3) is 0.364. The molecule has 0 N–H and O–H groups in total. The summed E-state index contributed by atoms with van der Waals surface area (Å²) < 4.78 is 27.3. The first-order valence-corrected chi connectivity index (χ1v) is 6.74. The molecule has 0 fully saturated rings. The zero-order chi connectivity index (χ0) is 12.9. The fourth-order valence-corrected chi connectivity index (χ4v) is 2.10. The minimum Gasteiger partial charge on any atom is -0.493 e. The van der Waals surface area contributed by atoms with Gasteiger partial charge in [0.05, 0.1) is 24.9 Å². The van der Waals surface area contributed by atoms with Crippen LogP contribution in [0.2, 0.25) is 0 Å². The molecule has 92 valence electrons. The van der Waals surface area contributed by atoms with Crippen molar-refractivity contribution in [3.63, 3.8) is 0 Å². The summed E-state index contributed by atoms with van der Waals surface area (Å²) in [6.45, 7) is 1.70. The molecular weight excluding hydrogens is 241 g/mol. The van der Waals surface area contributed by atoms with Gasteiger partial charge in [-0.15, -0.1) is 0 Å². The quantitative estimate of drug-likeness (QED) is 0.756. The largest absolute Gasteiger partial charge is 0.493 e. The number of hydrogen-bond donors (Lipinski definition) is 0. The molecule has 0 heterocycles. The Bertz CT molecular complexity index is 473. The Kier molecular flexibility index (Phi) is 4.56. The molecule has 0 aliphatic heterocycles. The molecule has 0 aliphatic carbocycles. The topological polar surface area (TPSA) is 68.5 Å². The van der Waals surface area contributed by atoms with Gasteiger partial charge in [-0.2, -0.15) is 5.26 Å². The molecule has 1 atom stereocenters. The average Bonchev–Trinajstić information content (AvgIpc) is 2.38. The van der Waals surface area contributed by atoms with Crippen molar-refractivity contribution in [2.45, 2.75) is 6.92 Å². The van der Waals surface area contributed by atoms with E-state index in [1.54, 1.807) is 19.1 Å². The lowest BCUT2D eigenvalue weighted by atomic mass is 10.2. The maximum absolute atomic E-state index is 12.0. The van der Waals surface area contributed by atoms with Crippen molar-refractivity contribution in [2.75, 3.05) is 20.4 Å². The highest BCUT2D eigenvalue weighted by Gasteiger charge is 2.23. The average molecular weight is 255 g/mol. The molecule has 0 aliphatic rings. The molecule has 6 heteroatoms. The van der Waals surface area contributed by atoms with Gasteiger partial charge in [-0.3, -0.25) is 0 Å². The summed E-state index contributed by atoms with van der Waals surface area (Å²) in [5.41, 5.74) is 0.402. The second kappa shape index (κ2) is 5.72. The molecule has 1 rings (SSSR count). The number of ether oxygens (including phenoxy) is 1. The molecule has 0 aromatic heterocycles. The van der Waals surface area contributed by atoms with Gasteiger partial charge in [-0.25, -0.2) is 4.57 Å². The maximum atomic E-state index is 12.0. The lowest BCUT2D eigenvalue weighted by Gasteiger charge is -2.17. The van der Waals surface area contributed by atoms with E-state index in [1.807, 2.05) is 6.07 Å². The smallest absolute Gasteiger partial charge is 0.378 e. The lowest BCUT2D eigenvalue weighted by molar-refractivity contribution is 0.314. The van der Waals surface area contributed by atoms with Gasteiger partial charge < -0.3 is 13.8 Å². The van der Waals surface area contributed by atoms with Crippen LogP contribution in [0.15, 0.2) is 18.2 Å². The van der Waals surface area contributed by atoms with Crippen molar-refractivity contribution in [1.82, 2.24) is 0 Å². The van der Waals surface area contributed by atoms with E-state index in [1.165, 1.54) is 20.3 Å². The third-order valence-electron chi connectivity index (χ3n) is 2.20. The van der Waals surface area contributed by atoms with Crippen molar-refractivity contribution in [3.05, 3.63) is 23.8 Å². The second-order valence-electron chi connectivity index (χ2n) is 3.18. The van der Waals surface area contributed by atoms with Crippen LogP contribution in [0, 0.1) is 11.3 Å². The minimum atomic E-state index is -3.16. The molecule has 0 saturated heterocycles. The summed E-state index contributed by atoms with van der Waals surface area (Å²) in [6.07, 6.45) is 0.240. The Hall–Kier alpha value is -1.50. The monoisotopic (exact) mass is 255 g/mol. The summed E-state index contributed by atoms with van der Waals surface area (Å²) in [7, 11) is -0.368. The number of benzene rings is 1. The summed E-state index contributed by atoms with van der Waals surface area (Å²) in [6, 6.07) is 6.63. The summed E-state index contributed by atoms with van der Waals surface area (Å²) in [4.78, 5) is 0. The van der Waals surface area contributed by atoms with Crippen LogP contribution in [0.25, 0.3) is 0 Å². The SMILES string of the molecule is CCP(=O)(OC)Oc1cc(C#N)ccc1OC. The molecule has 1 aromatic carbocycles. The van der Waals surface area contributed by atoms with E-state index in [0.29, 0.717) is 11.3 Å². The molecule has 5 nitrogen and oxygen atoms in total. The van der Waals surface area contributed by atoms with Gasteiger partial charge in [0.15, 0.2) is 11.5 Å². The van der Waals surface area contributed by atoms with E-state index in [9.17, 15) is 4.57 Å². The van der Waals surface area contributed by atoms with Gasteiger partial charge in [0, 0.05) is 13.2 Å². The number of methoxy groups -OCH3 is 1. The van der Waals surface area contributed by atoms with Crippen LogP contribution in [0.3, 0.4) is 0 Å². The third kappa shape index (κ3) is 3.23. The van der Waals surface area contributed by atoms with E-state index in [-0.39, 0.29) is 11.9 Å². The third-order valence-corrected chi connectivity index (χ3v) is 4.00. The Morgan fingerprint density at radius 1 is 1.35 bits per heavy atom. The first kappa shape index (κ1) is 13.6. The highest BCUT2D eigenvalue weighted by Crippen LogP contribution is 2.49. The van der Waals surface area contributed by atoms with Crippen molar-refractivity contribution >= 4 is 7.60 Å². The van der Waals surface area contributed by atoms with Crippen LogP contribution < -0.4 is 9.26 Å². The van der Waals surface area contributed by atoms with E-state index in [0.717, 1.165) is 0 Å². The van der Waals surface area contributed by atoms with Crippen molar-refractivity contribution in [1.29, 1.82) is 5.26 Å². The van der Waals surface area contributed by atoms with E-state index in [4.69, 9.17) is 19.0 Å². The van der Waals surface area contributed by atoms with Crippen LogP contribution in [0.5, 0.6) is 11.5 Å². The van der Waals surface area contributed by atoms with E-state index >= 15 is 0 Å². The summed E-state index contributed by atoms with van der Waals surface area (Å²) >= 11 is 0. The standard InChI is InChI=1S/C11H14NO4P/c1-4-17(13,15-3)16-11-7-9(8-12)5-6-10(11)14-2/h5-7H,4H2,1-3H3. The van der Waals surface area contributed by atoms with Gasteiger partial charge in [-0.1, -0.05) is 6.92 Å². The Labute approximate surface area is 100 Å². The molecule has 0 bridgehead atoms. The molecule has 0 amide bonds. The predicted molar refractivity (Wildman–Crippen MR) is 63.5 cm³/mol. The molecule has 0 radical (unpaired) electrons. The highest BCUT2D eigenvalue weighted by atomic mass is 31.2. The molecule has 0 spiro atoms. The van der Waals surface area contributed by atoms with E-state index < -0.39 is 7.60 Å². The first-order chi connectivity index (χ1) is 8.08. The fourth-order valence-electron chi connectivity index (χ4n) is 1.20. The van der Waals surface area contributed by atoms with Gasteiger partial charge >= 0.3 is 7.60 Å². The molecule has 0 saturated carbocycles. The van der Waals surface area contributed by atoms with Crippen molar-refractivity contribution < 1.29 is 18.3 Å². The first-order valence-electron chi connectivity index (χ1n) is 5.01.